The molecule has 21 heavy (non-hydrogen) atoms. The van der Waals surface area contributed by atoms with Crippen LogP contribution in [0.4, 0.5) is 0 Å². The van der Waals surface area contributed by atoms with Gasteiger partial charge in [0.2, 0.25) is 5.91 Å². The number of piperidine rings is 1. The molecular formula is C16H26N2O3. The summed E-state index contributed by atoms with van der Waals surface area (Å²) in [6, 6.07) is 0. The van der Waals surface area contributed by atoms with Crippen molar-refractivity contribution in [1.82, 2.24) is 9.80 Å². The number of carbonyl (C=O) groups is 2. The molecule has 0 aromatic rings. The fourth-order valence-electron chi connectivity index (χ4n) is 3.83. The molecule has 0 aromatic heterocycles. The Labute approximate surface area is 126 Å². The molecule has 2 saturated heterocycles. The molecule has 5 nitrogen and oxygen atoms in total. The molecule has 1 spiro atoms. The predicted octanol–water partition coefficient (Wildman–Crippen LogP) is 1.27. The van der Waals surface area contributed by atoms with Gasteiger partial charge in [0.15, 0.2) is 6.10 Å². The third kappa shape index (κ3) is 2.35. The van der Waals surface area contributed by atoms with E-state index in [0.717, 1.165) is 32.5 Å². The maximum Gasteiger partial charge on any atom is 0.254 e. The zero-order chi connectivity index (χ0) is 15.2. The van der Waals surface area contributed by atoms with Crippen LogP contribution in [-0.2, 0) is 14.3 Å². The molecule has 3 fully saturated rings. The summed E-state index contributed by atoms with van der Waals surface area (Å²) in [7, 11) is 1.63. The Hall–Kier alpha value is -1.10. The van der Waals surface area contributed by atoms with E-state index in [4.69, 9.17) is 4.74 Å². The fourth-order valence-corrected chi connectivity index (χ4v) is 3.83. The van der Waals surface area contributed by atoms with Crippen molar-refractivity contribution in [2.75, 3.05) is 26.7 Å². The first-order valence-electron chi connectivity index (χ1n) is 8.12. The summed E-state index contributed by atoms with van der Waals surface area (Å²) in [6.45, 7) is 6.25. The van der Waals surface area contributed by atoms with Crippen molar-refractivity contribution >= 4 is 11.8 Å². The van der Waals surface area contributed by atoms with Gasteiger partial charge in [-0.05, 0) is 31.6 Å². The van der Waals surface area contributed by atoms with Crippen LogP contribution in [0.1, 0.15) is 39.5 Å². The first kappa shape index (κ1) is 14.8. The summed E-state index contributed by atoms with van der Waals surface area (Å²) < 4.78 is 5.47. The van der Waals surface area contributed by atoms with Crippen LogP contribution in [0.15, 0.2) is 0 Å². The van der Waals surface area contributed by atoms with Crippen LogP contribution in [0.2, 0.25) is 0 Å². The van der Waals surface area contributed by atoms with Gasteiger partial charge in [-0.15, -0.1) is 0 Å². The molecule has 3 rings (SSSR count). The number of methoxy groups -OCH3 is 1. The van der Waals surface area contributed by atoms with Crippen LogP contribution in [-0.4, -0.2) is 60.0 Å². The highest BCUT2D eigenvalue weighted by molar-refractivity contribution is 5.90. The summed E-state index contributed by atoms with van der Waals surface area (Å²) in [6.07, 6.45) is 3.89. The lowest BCUT2D eigenvalue weighted by molar-refractivity contribution is -0.199. The zero-order valence-corrected chi connectivity index (χ0v) is 13.3. The molecule has 0 N–H and O–H groups in total. The van der Waals surface area contributed by atoms with Crippen LogP contribution >= 0.6 is 0 Å². The molecule has 1 saturated carbocycles. The van der Waals surface area contributed by atoms with Crippen molar-refractivity contribution in [1.29, 1.82) is 0 Å². The summed E-state index contributed by atoms with van der Waals surface area (Å²) in [5.74, 6) is 1.10. The zero-order valence-electron chi connectivity index (χ0n) is 13.3. The Morgan fingerprint density at radius 3 is 2.43 bits per heavy atom. The highest BCUT2D eigenvalue weighted by Crippen LogP contribution is 2.45. The summed E-state index contributed by atoms with van der Waals surface area (Å²) in [5, 5.41) is 0. The van der Waals surface area contributed by atoms with E-state index in [1.54, 1.807) is 7.11 Å². The second-order valence-electron chi connectivity index (χ2n) is 7.09. The maximum atomic E-state index is 12.3. The highest BCUT2D eigenvalue weighted by atomic mass is 16.5. The molecule has 0 aromatic carbocycles. The van der Waals surface area contributed by atoms with Crippen molar-refractivity contribution in [2.45, 2.75) is 51.2 Å². The summed E-state index contributed by atoms with van der Waals surface area (Å²) >= 11 is 0. The van der Waals surface area contributed by atoms with E-state index >= 15 is 0 Å². The van der Waals surface area contributed by atoms with Gasteiger partial charge in [-0.1, -0.05) is 13.8 Å². The minimum Gasteiger partial charge on any atom is -0.369 e. The third-order valence-electron chi connectivity index (χ3n) is 5.32. The van der Waals surface area contributed by atoms with Gasteiger partial charge in [0, 0.05) is 32.7 Å². The van der Waals surface area contributed by atoms with Gasteiger partial charge in [0.25, 0.3) is 5.91 Å². The largest absolute Gasteiger partial charge is 0.369 e. The Balaban J connectivity index is 1.68. The molecule has 0 bridgehead atoms. The van der Waals surface area contributed by atoms with Gasteiger partial charge < -0.3 is 14.5 Å². The van der Waals surface area contributed by atoms with Gasteiger partial charge in [0.1, 0.15) is 0 Å². The quantitative estimate of drug-likeness (QED) is 0.734. The molecule has 1 unspecified atom stereocenters. The molecule has 0 radical (unpaired) electrons. The molecule has 2 aliphatic heterocycles. The van der Waals surface area contributed by atoms with Crippen LogP contribution in [0.25, 0.3) is 0 Å². The van der Waals surface area contributed by atoms with E-state index in [2.05, 4.69) is 4.90 Å². The van der Waals surface area contributed by atoms with E-state index in [9.17, 15) is 9.59 Å². The van der Waals surface area contributed by atoms with Gasteiger partial charge in [-0.3, -0.25) is 9.59 Å². The van der Waals surface area contributed by atoms with Gasteiger partial charge in [0.05, 0.1) is 5.54 Å². The van der Waals surface area contributed by atoms with Crippen molar-refractivity contribution in [3.8, 4) is 0 Å². The van der Waals surface area contributed by atoms with E-state index in [1.807, 2.05) is 18.7 Å². The molecule has 2 amide bonds. The number of amides is 2. The summed E-state index contributed by atoms with van der Waals surface area (Å²) in [5.41, 5.74) is -0.151. The average Bonchev–Trinajstić information content (AvgIpc) is 3.29. The number of hydrogen-bond donors (Lipinski definition) is 0. The average molecular weight is 294 g/mol. The van der Waals surface area contributed by atoms with E-state index in [1.165, 1.54) is 12.8 Å². The summed E-state index contributed by atoms with van der Waals surface area (Å²) in [4.78, 5) is 28.4. The number of β-lactam (4-membered cyclic amide) rings is 1. The Kier molecular flexibility index (Phi) is 3.72. The Morgan fingerprint density at radius 2 is 1.95 bits per heavy atom. The first-order chi connectivity index (χ1) is 9.99. The van der Waals surface area contributed by atoms with Gasteiger partial charge in [-0.2, -0.15) is 0 Å². The smallest absolute Gasteiger partial charge is 0.254 e. The number of nitrogens with zero attached hydrogens (tertiary/aromatic N) is 2. The van der Waals surface area contributed by atoms with Crippen molar-refractivity contribution in [3.63, 3.8) is 0 Å². The minimum absolute atomic E-state index is 0.0443. The maximum absolute atomic E-state index is 12.3. The van der Waals surface area contributed by atoms with Crippen molar-refractivity contribution < 1.29 is 14.3 Å². The van der Waals surface area contributed by atoms with E-state index < -0.39 is 0 Å². The van der Waals surface area contributed by atoms with E-state index in [0.29, 0.717) is 5.92 Å². The third-order valence-corrected chi connectivity index (χ3v) is 5.32. The number of likely N-dealkylation sites (tertiary alicyclic amines) is 2. The van der Waals surface area contributed by atoms with Crippen LogP contribution in [0.3, 0.4) is 0 Å². The fraction of sp³-hybridized carbons (Fsp3) is 0.875. The number of hydrogen-bond acceptors (Lipinski definition) is 3. The molecule has 5 heteroatoms. The molecule has 3 aliphatic rings. The highest BCUT2D eigenvalue weighted by Gasteiger charge is 2.61. The second-order valence-corrected chi connectivity index (χ2v) is 7.09. The van der Waals surface area contributed by atoms with Gasteiger partial charge in [-0.25, -0.2) is 0 Å². The lowest BCUT2D eigenvalue weighted by atomic mass is 9.72. The Bertz CT molecular complexity index is 437. The predicted molar refractivity (Wildman–Crippen MR) is 78.6 cm³/mol. The topological polar surface area (TPSA) is 49.9 Å². The van der Waals surface area contributed by atoms with Crippen LogP contribution in [0.5, 0.6) is 0 Å². The van der Waals surface area contributed by atoms with E-state index in [-0.39, 0.29) is 29.4 Å². The lowest BCUT2D eigenvalue weighted by Gasteiger charge is -2.60. The molecule has 1 aliphatic carbocycles. The Morgan fingerprint density at radius 1 is 1.33 bits per heavy atom. The van der Waals surface area contributed by atoms with Crippen LogP contribution < -0.4 is 0 Å². The van der Waals surface area contributed by atoms with Crippen molar-refractivity contribution in [3.05, 3.63) is 0 Å². The van der Waals surface area contributed by atoms with Crippen LogP contribution in [0, 0.1) is 11.8 Å². The first-order valence-corrected chi connectivity index (χ1v) is 8.12. The molecule has 2 heterocycles. The number of ether oxygens (including phenoxy) is 1. The second kappa shape index (κ2) is 5.27. The normalized spacial score (nSPS) is 28.2. The standard InChI is InChI=1S/C16H26N2O3/c1-11(2)14(19)17-8-6-16(7-9-17)13(21-3)15(20)18(16)10-12-4-5-12/h11-13H,4-10H2,1-3H3. The molecular weight excluding hydrogens is 268 g/mol. The van der Waals surface area contributed by atoms with Crippen molar-refractivity contribution in [2.24, 2.45) is 11.8 Å². The number of carbonyl (C=O) groups excluding carboxylic acids is 2. The minimum atomic E-state index is -0.299. The molecule has 118 valence electrons. The monoisotopic (exact) mass is 294 g/mol. The molecule has 1 atom stereocenters. The lowest BCUT2D eigenvalue weighted by Crippen LogP contribution is -2.77. The SMILES string of the molecule is COC1C(=O)N(CC2CC2)C12CCN(C(=O)C(C)C)CC2. The van der Waals surface area contributed by atoms with Gasteiger partial charge >= 0.3 is 0 Å². The number of rotatable bonds is 4.